The Bertz CT molecular complexity index is 780. The average molecular weight is 356 g/mol. The molecule has 2 N–H and O–H groups in total. The Morgan fingerprint density at radius 2 is 1.87 bits per heavy atom. The van der Waals surface area contributed by atoms with E-state index in [1.165, 1.54) is 6.92 Å². The van der Waals surface area contributed by atoms with Crippen LogP contribution in [0.5, 0.6) is 5.75 Å². The molecule has 0 fully saturated rings. The molecule has 6 nitrogen and oxygen atoms in total. The first kappa shape index (κ1) is 17.3. The smallest absolute Gasteiger partial charge is 0.308 e. The zero-order valence-corrected chi connectivity index (χ0v) is 14.2. The summed E-state index contributed by atoms with van der Waals surface area (Å²) < 4.78 is 4.95. The first-order valence-electron chi connectivity index (χ1n) is 6.82. The van der Waals surface area contributed by atoms with E-state index in [0.717, 1.165) is 0 Å². The van der Waals surface area contributed by atoms with Crippen molar-refractivity contribution in [2.45, 2.75) is 26.7 Å². The van der Waals surface area contributed by atoms with Gasteiger partial charge in [0.05, 0.1) is 10.0 Å². The van der Waals surface area contributed by atoms with E-state index in [1.807, 2.05) is 13.8 Å². The van der Waals surface area contributed by atoms with Crippen LogP contribution in [0.15, 0.2) is 23.0 Å². The molecule has 8 heteroatoms. The van der Waals surface area contributed by atoms with E-state index in [4.69, 9.17) is 27.9 Å². The number of H-pyrrole nitrogens is 1. The fourth-order valence-electron chi connectivity index (χ4n) is 1.93. The highest BCUT2D eigenvalue weighted by Gasteiger charge is 2.13. The summed E-state index contributed by atoms with van der Waals surface area (Å²) in [6, 6.07) is 4.76. The molecule has 0 aliphatic carbocycles. The Labute approximate surface area is 142 Å². The molecule has 1 aromatic carbocycles. The van der Waals surface area contributed by atoms with Crippen molar-refractivity contribution < 1.29 is 9.53 Å². The molecule has 0 aliphatic rings. The van der Waals surface area contributed by atoms with Crippen LogP contribution < -0.4 is 15.6 Å². The molecule has 122 valence electrons. The number of rotatable bonds is 4. The lowest BCUT2D eigenvalue weighted by Crippen LogP contribution is -2.16. The summed E-state index contributed by atoms with van der Waals surface area (Å²) in [7, 11) is 0. The molecule has 1 heterocycles. The van der Waals surface area contributed by atoms with E-state index in [1.54, 1.807) is 18.2 Å². The van der Waals surface area contributed by atoms with Gasteiger partial charge in [-0.05, 0) is 24.1 Å². The molecule has 0 radical (unpaired) electrons. The van der Waals surface area contributed by atoms with Crippen LogP contribution in [0, 0.1) is 0 Å². The van der Waals surface area contributed by atoms with E-state index in [2.05, 4.69) is 15.5 Å². The van der Waals surface area contributed by atoms with Crippen LogP contribution in [0.3, 0.4) is 0 Å². The van der Waals surface area contributed by atoms with Crippen LogP contribution >= 0.6 is 23.2 Å². The summed E-state index contributed by atoms with van der Waals surface area (Å²) >= 11 is 12.1. The maximum Gasteiger partial charge on any atom is 0.308 e. The number of esters is 1. The van der Waals surface area contributed by atoms with Gasteiger partial charge in [0.2, 0.25) is 0 Å². The normalized spacial score (nSPS) is 10.7. The highest BCUT2D eigenvalue weighted by Crippen LogP contribution is 2.36. The van der Waals surface area contributed by atoms with Gasteiger partial charge in [0.15, 0.2) is 11.6 Å². The largest absolute Gasteiger partial charge is 0.424 e. The third kappa shape index (κ3) is 4.24. The summed E-state index contributed by atoms with van der Waals surface area (Å²) in [5.41, 5.74) is 0.924. The maximum absolute atomic E-state index is 11.7. The molecule has 2 rings (SSSR count). The number of anilines is 2. The standard InChI is InChI=1S/C15H15Cl2N3O3/c1-7(2)10-6-13(19-20-15(10)22)18-9-4-11(16)14(12(17)5-9)23-8(3)21/h4-7H,1-3H3,(H,18,19)(H,20,22). The van der Waals surface area contributed by atoms with Gasteiger partial charge in [-0.15, -0.1) is 0 Å². The molecule has 0 saturated heterocycles. The van der Waals surface area contributed by atoms with Gasteiger partial charge >= 0.3 is 5.97 Å². The lowest BCUT2D eigenvalue weighted by molar-refractivity contribution is -0.131. The predicted octanol–water partition coefficient (Wildman–Crippen LogP) is 3.87. The molecule has 1 aromatic heterocycles. The molecular weight excluding hydrogens is 341 g/mol. The van der Waals surface area contributed by atoms with Crippen molar-refractivity contribution in [3.05, 3.63) is 44.2 Å². The van der Waals surface area contributed by atoms with Crippen molar-refractivity contribution >= 4 is 40.7 Å². The van der Waals surface area contributed by atoms with Crippen molar-refractivity contribution in [2.75, 3.05) is 5.32 Å². The second kappa shape index (κ2) is 7.02. The highest BCUT2D eigenvalue weighted by molar-refractivity contribution is 6.37. The van der Waals surface area contributed by atoms with Gasteiger partial charge in [-0.2, -0.15) is 5.10 Å². The van der Waals surface area contributed by atoms with Crippen molar-refractivity contribution in [1.82, 2.24) is 10.2 Å². The monoisotopic (exact) mass is 355 g/mol. The number of carbonyl (C=O) groups is 1. The number of nitrogens with one attached hydrogen (secondary N) is 2. The zero-order valence-electron chi connectivity index (χ0n) is 12.7. The first-order valence-corrected chi connectivity index (χ1v) is 7.57. The third-order valence-electron chi connectivity index (χ3n) is 2.97. The van der Waals surface area contributed by atoms with Gasteiger partial charge < -0.3 is 10.1 Å². The SMILES string of the molecule is CC(=O)Oc1c(Cl)cc(Nc2cc(C(C)C)c(=O)[nH]n2)cc1Cl. The molecule has 2 aromatic rings. The topological polar surface area (TPSA) is 84.1 Å². The number of aromatic amines is 1. The maximum atomic E-state index is 11.7. The third-order valence-corrected chi connectivity index (χ3v) is 3.53. The fourth-order valence-corrected chi connectivity index (χ4v) is 2.50. The molecule has 23 heavy (non-hydrogen) atoms. The van der Waals surface area contributed by atoms with Crippen molar-refractivity contribution in [2.24, 2.45) is 0 Å². The van der Waals surface area contributed by atoms with Gasteiger partial charge in [-0.1, -0.05) is 37.0 Å². The van der Waals surface area contributed by atoms with Crippen LogP contribution in [0.2, 0.25) is 10.0 Å². The summed E-state index contributed by atoms with van der Waals surface area (Å²) in [5, 5.41) is 9.73. The Kier molecular flexibility index (Phi) is 5.28. The van der Waals surface area contributed by atoms with Crippen molar-refractivity contribution in [1.29, 1.82) is 0 Å². The van der Waals surface area contributed by atoms with Gasteiger partial charge in [0.1, 0.15) is 0 Å². The number of aromatic nitrogens is 2. The Morgan fingerprint density at radius 3 is 2.39 bits per heavy atom. The van der Waals surface area contributed by atoms with E-state index in [0.29, 0.717) is 17.1 Å². The van der Waals surface area contributed by atoms with Crippen LogP contribution in [0.4, 0.5) is 11.5 Å². The number of hydrogen-bond acceptors (Lipinski definition) is 5. The van der Waals surface area contributed by atoms with E-state index >= 15 is 0 Å². The predicted molar refractivity (Wildman–Crippen MR) is 90.0 cm³/mol. The summed E-state index contributed by atoms with van der Waals surface area (Å²) in [4.78, 5) is 22.7. The van der Waals surface area contributed by atoms with Crippen LogP contribution in [-0.2, 0) is 4.79 Å². The Morgan fingerprint density at radius 1 is 1.26 bits per heavy atom. The molecule has 0 aliphatic heterocycles. The van der Waals surface area contributed by atoms with Crippen molar-refractivity contribution in [3.63, 3.8) is 0 Å². The lowest BCUT2D eigenvalue weighted by Gasteiger charge is -2.11. The number of hydrogen-bond donors (Lipinski definition) is 2. The molecule has 0 unspecified atom stereocenters. The zero-order chi connectivity index (χ0) is 17.1. The minimum atomic E-state index is -0.515. The van der Waals surface area contributed by atoms with E-state index < -0.39 is 5.97 Å². The van der Waals surface area contributed by atoms with E-state index in [-0.39, 0.29) is 27.3 Å². The second-order valence-electron chi connectivity index (χ2n) is 5.18. The minimum Gasteiger partial charge on any atom is -0.424 e. The van der Waals surface area contributed by atoms with E-state index in [9.17, 15) is 9.59 Å². The number of carbonyl (C=O) groups excluding carboxylic acids is 1. The van der Waals surface area contributed by atoms with Gasteiger partial charge in [-0.25, -0.2) is 5.10 Å². The molecule has 0 saturated carbocycles. The molecule has 0 spiro atoms. The van der Waals surface area contributed by atoms with Crippen LogP contribution in [-0.4, -0.2) is 16.2 Å². The van der Waals surface area contributed by atoms with Crippen molar-refractivity contribution in [3.8, 4) is 5.75 Å². The summed E-state index contributed by atoms with van der Waals surface area (Å²) in [5.74, 6) is 0.0866. The molecular formula is C15H15Cl2N3O3. The first-order chi connectivity index (χ1) is 10.8. The average Bonchev–Trinajstić information content (AvgIpc) is 2.44. The number of nitrogens with zero attached hydrogens (tertiary/aromatic N) is 1. The second-order valence-corrected chi connectivity index (χ2v) is 5.99. The minimum absolute atomic E-state index is 0.0563. The van der Waals surface area contributed by atoms with Gasteiger partial charge in [-0.3, -0.25) is 9.59 Å². The lowest BCUT2D eigenvalue weighted by atomic mass is 10.1. The Balaban J connectivity index is 2.32. The number of benzene rings is 1. The Hall–Kier alpha value is -2.05. The van der Waals surface area contributed by atoms with Gasteiger partial charge in [0, 0.05) is 18.2 Å². The van der Waals surface area contributed by atoms with Gasteiger partial charge in [0.25, 0.3) is 5.56 Å². The quantitative estimate of drug-likeness (QED) is 0.642. The van der Waals surface area contributed by atoms with Crippen LogP contribution in [0.1, 0.15) is 32.3 Å². The highest BCUT2D eigenvalue weighted by atomic mass is 35.5. The van der Waals surface area contributed by atoms with Crippen LogP contribution in [0.25, 0.3) is 0 Å². The number of ether oxygens (including phenoxy) is 1. The molecule has 0 amide bonds. The summed E-state index contributed by atoms with van der Waals surface area (Å²) in [6.07, 6.45) is 0. The molecule has 0 bridgehead atoms. The summed E-state index contributed by atoms with van der Waals surface area (Å²) in [6.45, 7) is 5.09. The molecule has 0 atom stereocenters. The fraction of sp³-hybridized carbons (Fsp3) is 0.267. The number of halogens is 2.